The molecule has 0 amide bonds. The van der Waals surface area contributed by atoms with Gasteiger partial charge in [0, 0.05) is 38.1 Å². The zero-order valence-electron chi connectivity index (χ0n) is 12.7. The Balaban J connectivity index is 2.00. The molecule has 2 rings (SSSR count). The summed E-state index contributed by atoms with van der Waals surface area (Å²) in [5.41, 5.74) is 3.16. The molecule has 0 radical (unpaired) electrons. The van der Waals surface area contributed by atoms with Crippen molar-refractivity contribution in [1.82, 2.24) is 10.2 Å². The van der Waals surface area contributed by atoms with Crippen molar-refractivity contribution in [3.8, 4) is 0 Å². The minimum atomic E-state index is 0.238. The molecule has 1 aliphatic rings. The fraction of sp³-hybridized carbons (Fsp3) is 0.647. The van der Waals surface area contributed by atoms with Gasteiger partial charge in [0.05, 0.1) is 0 Å². The first kappa shape index (κ1) is 14.5. The molecule has 1 saturated heterocycles. The largest absolute Gasteiger partial charge is 0.314 e. The second-order valence-electron chi connectivity index (χ2n) is 6.36. The van der Waals surface area contributed by atoms with E-state index >= 15 is 0 Å². The Morgan fingerprint density at radius 1 is 1.11 bits per heavy atom. The van der Waals surface area contributed by atoms with Gasteiger partial charge in [0.1, 0.15) is 0 Å². The number of benzene rings is 1. The zero-order valence-corrected chi connectivity index (χ0v) is 12.7. The maximum Gasteiger partial charge on any atom is 0.0108 e. The molecule has 0 bridgehead atoms. The van der Waals surface area contributed by atoms with Gasteiger partial charge in [-0.15, -0.1) is 0 Å². The number of hydrogen-bond donors (Lipinski definition) is 1. The maximum absolute atomic E-state index is 3.42. The highest BCUT2D eigenvalue weighted by atomic mass is 15.2. The lowest BCUT2D eigenvalue weighted by atomic mass is 9.83. The van der Waals surface area contributed by atoms with Crippen molar-refractivity contribution in [1.29, 1.82) is 0 Å². The van der Waals surface area contributed by atoms with Crippen LogP contribution in [0.2, 0.25) is 0 Å². The first-order chi connectivity index (χ1) is 9.12. The minimum Gasteiger partial charge on any atom is -0.314 e. The van der Waals surface area contributed by atoms with Crippen LogP contribution in [0.25, 0.3) is 0 Å². The Morgan fingerprint density at radius 3 is 2.32 bits per heavy atom. The Kier molecular flexibility index (Phi) is 5.00. The molecule has 0 aromatic heterocycles. The SMILES string of the molecule is CCCc1ccc(C(C)(C)CN2CCNCC2)cc1. The van der Waals surface area contributed by atoms with E-state index in [1.807, 2.05) is 0 Å². The van der Waals surface area contributed by atoms with E-state index in [1.54, 1.807) is 0 Å². The number of hydrogen-bond acceptors (Lipinski definition) is 2. The summed E-state index contributed by atoms with van der Waals surface area (Å²) in [6.07, 6.45) is 2.42. The summed E-state index contributed by atoms with van der Waals surface area (Å²) in [5, 5.41) is 3.42. The van der Waals surface area contributed by atoms with Crippen LogP contribution in [0, 0.1) is 0 Å². The molecule has 106 valence electrons. The van der Waals surface area contributed by atoms with Gasteiger partial charge < -0.3 is 5.32 Å². The van der Waals surface area contributed by atoms with Crippen LogP contribution in [0.4, 0.5) is 0 Å². The fourth-order valence-electron chi connectivity index (χ4n) is 2.93. The zero-order chi connectivity index (χ0) is 13.7. The van der Waals surface area contributed by atoms with Crippen molar-refractivity contribution in [3.05, 3.63) is 35.4 Å². The van der Waals surface area contributed by atoms with E-state index in [1.165, 1.54) is 37.1 Å². The van der Waals surface area contributed by atoms with E-state index in [4.69, 9.17) is 0 Å². The van der Waals surface area contributed by atoms with Crippen molar-refractivity contribution in [2.24, 2.45) is 0 Å². The third-order valence-electron chi connectivity index (χ3n) is 4.10. The first-order valence-electron chi connectivity index (χ1n) is 7.64. The molecular formula is C17H28N2. The Labute approximate surface area is 118 Å². The topological polar surface area (TPSA) is 15.3 Å². The average molecular weight is 260 g/mol. The molecule has 1 aliphatic heterocycles. The van der Waals surface area contributed by atoms with Gasteiger partial charge >= 0.3 is 0 Å². The van der Waals surface area contributed by atoms with Crippen LogP contribution in [0.3, 0.4) is 0 Å². The average Bonchev–Trinajstić information content (AvgIpc) is 2.40. The van der Waals surface area contributed by atoms with E-state index < -0.39 is 0 Å². The van der Waals surface area contributed by atoms with Gasteiger partial charge in [-0.25, -0.2) is 0 Å². The van der Waals surface area contributed by atoms with Crippen LogP contribution >= 0.6 is 0 Å². The molecule has 0 unspecified atom stereocenters. The van der Waals surface area contributed by atoms with Crippen molar-refractivity contribution in [2.75, 3.05) is 32.7 Å². The Bertz CT molecular complexity index is 375. The molecule has 1 aromatic carbocycles. The van der Waals surface area contributed by atoms with Crippen LogP contribution < -0.4 is 5.32 Å². The first-order valence-corrected chi connectivity index (χ1v) is 7.64. The lowest BCUT2D eigenvalue weighted by Crippen LogP contribution is -2.47. The Morgan fingerprint density at radius 2 is 1.74 bits per heavy atom. The van der Waals surface area contributed by atoms with Crippen molar-refractivity contribution in [3.63, 3.8) is 0 Å². The summed E-state index contributed by atoms with van der Waals surface area (Å²) in [7, 11) is 0. The van der Waals surface area contributed by atoms with Crippen molar-refractivity contribution in [2.45, 2.75) is 39.0 Å². The van der Waals surface area contributed by atoms with E-state index in [-0.39, 0.29) is 5.41 Å². The van der Waals surface area contributed by atoms with Gasteiger partial charge in [0.25, 0.3) is 0 Å². The smallest absolute Gasteiger partial charge is 0.0108 e. The second kappa shape index (κ2) is 6.53. The summed E-state index contributed by atoms with van der Waals surface area (Å²) in [6.45, 7) is 12.7. The van der Waals surface area contributed by atoms with Gasteiger partial charge in [-0.2, -0.15) is 0 Å². The molecule has 0 spiro atoms. The summed E-state index contributed by atoms with van der Waals surface area (Å²) in [6, 6.07) is 9.26. The molecule has 0 saturated carbocycles. The van der Waals surface area contributed by atoms with Crippen LogP contribution in [-0.4, -0.2) is 37.6 Å². The third kappa shape index (κ3) is 4.05. The molecule has 0 aliphatic carbocycles. The molecule has 1 N–H and O–H groups in total. The van der Waals surface area contributed by atoms with E-state index in [2.05, 4.69) is 55.3 Å². The van der Waals surface area contributed by atoms with Crippen molar-refractivity contribution >= 4 is 0 Å². The summed E-state index contributed by atoms with van der Waals surface area (Å²) in [5.74, 6) is 0. The molecule has 19 heavy (non-hydrogen) atoms. The highest BCUT2D eigenvalue weighted by molar-refractivity contribution is 5.28. The van der Waals surface area contributed by atoms with Crippen LogP contribution in [0.5, 0.6) is 0 Å². The monoisotopic (exact) mass is 260 g/mol. The number of aryl methyl sites for hydroxylation is 1. The lowest BCUT2D eigenvalue weighted by Gasteiger charge is -2.35. The Hall–Kier alpha value is -0.860. The summed E-state index contributed by atoms with van der Waals surface area (Å²) >= 11 is 0. The number of nitrogens with zero attached hydrogens (tertiary/aromatic N) is 1. The highest BCUT2D eigenvalue weighted by Gasteiger charge is 2.24. The fourth-order valence-corrected chi connectivity index (χ4v) is 2.93. The summed E-state index contributed by atoms with van der Waals surface area (Å²) in [4.78, 5) is 2.58. The van der Waals surface area contributed by atoms with E-state index in [0.717, 1.165) is 19.6 Å². The van der Waals surface area contributed by atoms with Gasteiger partial charge in [0.2, 0.25) is 0 Å². The van der Waals surface area contributed by atoms with Gasteiger partial charge in [0.15, 0.2) is 0 Å². The third-order valence-corrected chi connectivity index (χ3v) is 4.10. The predicted octanol–water partition coefficient (Wildman–Crippen LogP) is 2.82. The maximum atomic E-state index is 3.42. The molecule has 0 atom stereocenters. The van der Waals surface area contributed by atoms with E-state index in [0.29, 0.717) is 0 Å². The predicted molar refractivity (Wildman–Crippen MR) is 82.8 cm³/mol. The second-order valence-corrected chi connectivity index (χ2v) is 6.36. The molecule has 1 fully saturated rings. The van der Waals surface area contributed by atoms with Gasteiger partial charge in [-0.1, -0.05) is 51.5 Å². The molecular weight excluding hydrogens is 232 g/mol. The number of piperazine rings is 1. The molecule has 1 heterocycles. The van der Waals surface area contributed by atoms with Crippen LogP contribution in [0.1, 0.15) is 38.3 Å². The number of nitrogens with one attached hydrogen (secondary N) is 1. The van der Waals surface area contributed by atoms with E-state index in [9.17, 15) is 0 Å². The van der Waals surface area contributed by atoms with Crippen LogP contribution in [0.15, 0.2) is 24.3 Å². The van der Waals surface area contributed by atoms with Gasteiger partial charge in [-0.05, 0) is 17.5 Å². The van der Waals surface area contributed by atoms with Crippen LogP contribution in [-0.2, 0) is 11.8 Å². The molecule has 1 aromatic rings. The van der Waals surface area contributed by atoms with Crippen molar-refractivity contribution < 1.29 is 0 Å². The lowest BCUT2D eigenvalue weighted by molar-refractivity contribution is 0.200. The number of rotatable bonds is 5. The molecule has 2 nitrogen and oxygen atoms in total. The molecule has 2 heteroatoms. The minimum absolute atomic E-state index is 0.238. The summed E-state index contributed by atoms with van der Waals surface area (Å²) < 4.78 is 0. The standard InChI is InChI=1S/C17H28N2/c1-4-5-15-6-8-16(9-7-15)17(2,3)14-19-12-10-18-11-13-19/h6-9,18H,4-5,10-14H2,1-3H3. The quantitative estimate of drug-likeness (QED) is 0.876. The normalized spacial score (nSPS) is 17.6. The van der Waals surface area contributed by atoms with Gasteiger partial charge in [-0.3, -0.25) is 4.90 Å². The highest BCUT2D eigenvalue weighted by Crippen LogP contribution is 2.25.